The van der Waals surface area contributed by atoms with Crippen molar-refractivity contribution in [2.75, 3.05) is 12.4 Å². The maximum absolute atomic E-state index is 13.1. The van der Waals surface area contributed by atoms with E-state index < -0.39 is 5.41 Å². The number of carbonyl (C=O) groups excluding carboxylic acids is 1. The van der Waals surface area contributed by atoms with Gasteiger partial charge < -0.3 is 15.0 Å². The zero-order chi connectivity index (χ0) is 20.1. The Labute approximate surface area is 167 Å². The number of fused-ring (bicyclic) bond motifs is 1. The number of anilines is 1. The first-order valence-corrected chi connectivity index (χ1v) is 9.83. The average molecular weight is 379 g/mol. The second kappa shape index (κ2) is 6.40. The summed E-state index contributed by atoms with van der Waals surface area (Å²) in [5.41, 5.74) is 4.90. The molecule has 0 atom stereocenters. The number of nitrogens with one attached hydrogen (secondary N) is 2. The van der Waals surface area contributed by atoms with Crippen LogP contribution in [0, 0.1) is 6.92 Å². The minimum atomic E-state index is -0.416. The molecule has 0 unspecified atom stereocenters. The minimum Gasteiger partial charge on any atom is -0.496 e. The van der Waals surface area contributed by atoms with Gasteiger partial charge in [-0.25, -0.2) is 0 Å². The minimum absolute atomic E-state index is 0. The molecule has 2 aromatic carbocycles. The van der Waals surface area contributed by atoms with E-state index >= 15 is 0 Å². The molecule has 1 aliphatic carbocycles. The lowest BCUT2D eigenvalue weighted by atomic mass is 9.92. The van der Waals surface area contributed by atoms with Gasteiger partial charge in [0.1, 0.15) is 5.75 Å². The summed E-state index contributed by atoms with van der Waals surface area (Å²) >= 11 is 0. The molecule has 1 aliphatic rings. The molecule has 1 heterocycles. The van der Waals surface area contributed by atoms with Crippen molar-refractivity contribution in [2.24, 2.45) is 0 Å². The molecule has 1 saturated carbocycles. The first-order chi connectivity index (χ1) is 13.2. The molecule has 0 spiro atoms. The van der Waals surface area contributed by atoms with E-state index in [0.29, 0.717) is 0 Å². The van der Waals surface area contributed by atoms with Crippen LogP contribution < -0.4 is 10.1 Å². The number of aromatic nitrogens is 1. The average Bonchev–Trinajstić information content (AvgIpc) is 3.34. The Bertz CT molecular complexity index is 1060. The highest BCUT2D eigenvalue weighted by Crippen LogP contribution is 2.49. The van der Waals surface area contributed by atoms with Crippen LogP contribution in [0.5, 0.6) is 5.75 Å². The topological polar surface area (TPSA) is 54.1 Å². The molecule has 4 rings (SSSR count). The fourth-order valence-electron chi connectivity index (χ4n) is 3.81. The quantitative estimate of drug-likeness (QED) is 0.612. The van der Waals surface area contributed by atoms with Gasteiger partial charge in [0.15, 0.2) is 0 Å². The third kappa shape index (κ3) is 3.17. The van der Waals surface area contributed by atoms with Gasteiger partial charge in [0.2, 0.25) is 5.91 Å². The van der Waals surface area contributed by atoms with Gasteiger partial charge >= 0.3 is 0 Å². The molecule has 28 heavy (non-hydrogen) atoms. The van der Waals surface area contributed by atoms with Crippen molar-refractivity contribution in [1.29, 1.82) is 0 Å². The Kier molecular flexibility index (Phi) is 4.25. The van der Waals surface area contributed by atoms with E-state index in [1.807, 2.05) is 37.3 Å². The highest BCUT2D eigenvalue weighted by Gasteiger charge is 2.51. The predicted molar refractivity (Wildman–Crippen MR) is 116 cm³/mol. The van der Waals surface area contributed by atoms with E-state index in [1.165, 1.54) is 5.69 Å². The summed E-state index contributed by atoms with van der Waals surface area (Å²) in [5.74, 6) is 0.926. The van der Waals surface area contributed by atoms with Gasteiger partial charge in [0, 0.05) is 29.1 Å². The van der Waals surface area contributed by atoms with Crippen LogP contribution in [-0.2, 0) is 15.6 Å². The van der Waals surface area contributed by atoms with Crippen LogP contribution >= 0.6 is 0 Å². The molecule has 148 valence electrons. The number of benzene rings is 2. The summed E-state index contributed by atoms with van der Waals surface area (Å²) in [6.07, 6.45) is 1.76. The van der Waals surface area contributed by atoms with Crippen LogP contribution in [0.4, 0.5) is 5.69 Å². The number of hydrogen-bond donors (Lipinski definition) is 2. The molecule has 4 heteroatoms. The van der Waals surface area contributed by atoms with E-state index in [9.17, 15) is 4.79 Å². The molecule has 0 aliphatic heterocycles. The number of rotatable bonds is 4. The molecule has 3 aromatic rings. The van der Waals surface area contributed by atoms with Gasteiger partial charge in [0.25, 0.3) is 0 Å². The Balaban J connectivity index is 0.00000240. The van der Waals surface area contributed by atoms with Crippen LogP contribution in [0.1, 0.15) is 51.9 Å². The van der Waals surface area contributed by atoms with Crippen molar-refractivity contribution < 1.29 is 11.0 Å². The fraction of sp³-hybridized carbons (Fsp3) is 0.375. The molecular formula is C24H30N2O2. The van der Waals surface area contributed by atoms with Crippen molar-refractivity contribution in [3.05, 3.63) is 59.3 Å². The van der Waals surface area contributed by atoms with Crippen LogP contribution in [0.15, 0.2) is 42.5 Å². The van der Waals surface area contributed by atoms with Crippen LogP contribution in [0.3, 0.4) is 0 Å². The van der Waals surface area contributed by atoms with Crippen molar-refractivity contribution in [1.82, 2.24) is 4.98 Å². The molecular weight excluding hydrogens is 348 g/mol. The lowest BCUT2D eigenvalue weighted by Crippen LogP contribution is -2.27. The Morgan fingerprint density at radius 1 is 1.14 bits per heavy atom. The molecule has 4 nitrogen and oxygen atoms in total. The highest BCUT2D eigenvalue weighted by molar-refractivity contribution is 6.02. The summed E-state index contributed by atoms with van der Waals surface area (Å²) in [4.78, 5) is 16.6. The van der Waals surface area contributed by atoms with Gasteiger partial charge in [-0.3, -0.25) is 4.79 Å². The number of H-pyrrole nitrogens is 1. The van der Waals surface area contributed by atoms with E-state index in [1.54, 1.807) is 7.11 Å². The van der Waals surface area contributed by atoms with Crippen LogP contribution in [-0.4, -0.2) is 18.0 Å². The summed E-state index contributed by atoms with van der Waals surface area (Å²) in [6.45, 7) is 8.58. The molecule has 1 aromatic heterocycles. The first-order valence-electron chi connectivity index (χ1n) is 9.83. The third-order valence-corrected chi connectivity index (χ3v) is 5.82. The van der Waals surface area contributed by atoms with E-state index in [4.69, 9.17) is 4.74 Å². The predicted octanol–water partition coefficient (Wildman–Crippen LogP) is 5.70. The molecule has 0 radical (unpaired) electrons. The number of amides is 1. The molecule has 1 fully saturated rings. The maximum Gasteiger partial charge on any atom is 0.235 e. The fourth-order valence-corrected chi connectivity index (χ4v) is 3.81. The Morgan fingerprint density at radius 2 is 1.89 bits per heavy atom. The monoisotopic (exact) mass is 378 g/mol. The number of carbonyl (C=O) groups is 1. The van der Waals surface area contributed by atoms with Crippen molar-refractivity contribution in [3.8, 4) is 5.75 Å². The van der Waals surface area contributed by atoms with Crippen molar-refractivity contribution >= 4 is 22.5 Å². The standard InChI is InChI=1S/C24H28N2O2.H2/c1-15-12-17(6-9-20(15)28-5)24(10-11-24)22(27)25-18-7-8-19-16(13-18)14-21(26-19)23(2,3)4;/h6-9,12-14,26H,10-11H2,1-5H3,(H,25,27);1H. The zero-order valence-electron chi connectivity index (χ0n) is 17.3. The number of aryl methyl sites for hydroxylation is 1. The lowest BCUT2D eigenvalue weighted by molar-refractivity contribution is -0.118. The first kappa shape index (κ1) is 18.6. The van der Waals surface area contributed by atoms with Crippen LogP contribution in [0.2, 0.25) is 0 Å². The summed E-state index contributed by atoms with van der Waals surface area (Å²) in [5, 5.41) is 4.27. The van der Waals surface area contributed by atoms with E-state index in [-0.39, 0.29) is 12.7 Å². The van der Waals surface area contributed by atoms with Crippen molar-refractivity contribution in [3.63, 3.8) is 0 Å². The Hall–Kier alpha value is -2.75. The van der Waals surface area contributed by atoms with Crippen molar-refractivity contribution in [2.45, 2.75) is 51.4 Å². The largest absolute Gasteiger partial charge is 0.496 e. The van der Waals surface area contributed by atoms with Gasteiger partial charge in [-0.1, -0.05) is 32.9 Å². The Morgan fingerprint density at radius 3 is 2.50 bits per heavy atom. The smallest absolute Gasteiger partial charge is 0.235 e. The number of aromatic amines is 1. The maximum atomic E-state index is 13.1. The number of hydrogen-bond acceptors (Lipinski definition) is 2. The highest BCUT2D eigenvalue weighted by atomic mass is 16.5. The van der Waals surface area contributed by atoms with Crippen LogP contribution in [0.25, 0.3) is 10.9 Å². The van der Waals surface area contributed by atoms with Gasteiger partial charge in [-0.15, -0.1) is 0 Å². The summed E-state index contributed by atoms with van der Waals surface area (Å²) in [7, 11) is 1.67. The van der Waals surface area contributed by atoms with Gasteiger partial charge in [-0.05, 0) is 61.2 Å². The number of ether oxygens (including phenoxy) is 1. The molecule has 2 N–H and O–H groups in total. The summed E-state index contributed by atoms with van der Waals surface area (Å²) in [6, 6.07) is 14.3. The molecule has 0 saturated heterocycles. The second-order valence-corrected chi connectivity index (χ2v) is 8.96. The summed E-state index contributed by atoms with van der Waals surface area (Å²) < 4.78 is 5.35. The zero-order valence-corrected chi connectivity index (χ0v) is 17.3. The lowest BCUT2D eigenvalue weighted by Gasteiger charge is -2.17. The molecule has 0 bridgehead atoms. The van der Waals surface area contributed by atoms with Gasteiger partial charge in [-0.2, -0.15) is 0 Å². The van der Waals surface area contributed by atoms with Gasteiger partial charge in [0.05, 0.1) is 12.5 Å². The van der Waals surface area contributed by atoms with E-state index in [2.05, 4.69) is 43.2 Å². The third-order valence-electron chi connectivity index (χ3n) is 5.82. The second-order valence-electron chi connectivity index (χ2n) is 8.96. The normalized spacial score (nSPS) is 15.5. The van der Waals surface area contributed by atoms with E-state index in [0.717, 1.165) is 46.3 Å². The number of methoxy groups -OCH3 is 1. The SMILES string of the molecule is COc1ccc(C2(C(=O)Nc3ccc4[nH]c(C(C)(C)C)cc4c3)CC2)cc1C.[HH]. The molecule has 1 amide bonds.